The Bertz CT molecular complexity index is 571. The van der Waals surface area contributed by atoms with Crippen LogP contribution in [0.5, 0.6) is 5.75 Å². The first-order valence-electron chi connectivity index (χ1n) is 7.22. The van der Waals surface area contributed by atoms with E-state index in [1.165, 1.54) is 19.2 Å². The molecular weight excluding hydrogens is 272 g/mol. The summed E-state index contributed by atoms with van der Waals surface area (Å²) in [6.07, 6.45) is 4.24. The number of Topliss-reactive ketones (excluding diaryl/α,β-unsaturated/α-hetero) is 1. The van der Waals surface area contributed by atoms with Gasteiger partial charge in [0, 0.05) is 31.0 Å². The van der Waals surface area contributed by atoms with Crippen molar-refractivity contribution in [1.29, 1.82) is 0 Å². The zero-order valence-corrected chi connectivity index (χ0v) is 11.9. The summed E-state index contributed by atoms with van der Waals surface area (Å²) in [5.41, 5.74) is 0.888. The molecule has 0 radical (unpaired) electrons. The summed E-state index contributed by atoms with van der Waals surface area (Å²) >= 11 is 0. The highest BCUT2D eigenvalue weighted by Crippen LogP contribution is 2.41. The molecule has 2 unspecified atom stereocenters. The molecule has 112 valence electrons. The van der Waals surface area contributed by atoms with E-state index in [0.717, 1.165) is 24.9 Å². The van der Waals surface area contributed by atoms with Crippen molar-refractivity contribution in [3.8, 4) is 5.75 Å². The highest BCUT2D eigenvalue weighted by atomic mass is 16.6. The van der Waals surface area contributed by atoms with Gasteiger partial charge in [-0.05, 0) is 25.3 Å². The third-order valence-electron chi connectivity index (χ3n) is 4.44. The first-order chi connectivity index (χ1) is 10.1. The average Bonchev–Trinajstić information content (AvgIpc) is 2.45. The molecule has 2 aliphatic heterocycles. The number of anilines is 1. The van der Waals surface area contributed by atoms with Gasteiger partial charge in [0.2, 0.25) is 0 Å². The lowest BCUT2D eigenvalue weighted by Gasteiger charge is -2.47. The minimum absolute atomic E-state index is 0.0221. The van der Waals surface area contributed by atoms with Crippen LogP contribution in [0.3, 0.4) is 0 Å². The Kier molecular flexibility index (Phi) is 3.53. The topological polar surface area (TPSA) is 72.7 Å². The third kappa shape index (κ3) is 2.46. The summed E-state index contributed by atoms with van der Waals surface area (Å²) in [6, 6.07) is 5.10. The second kappa shape index (κ2) is 5.35. The SMILES string of the molecule is COc1cc([N+](=O)[O-])ccc1N1C2CCCC1CC(=O)C2. The molecule has 6 nitrogen and oxygen atoms in total. The monoisotopic (exact) mass is 290 g/mol. The zero-order valence-electron chi connectivity index (χ0n) is 11.9. The van der Waals surface area contributed by atoms with Crippen molar-refractivity contribution >= 4 is 17.2 Å². The number of fused-ring (bicyclic) bond motifs is 2. The molecule has 1 aromatic rings. The maximum Gasteiger partial charge on any atom is 0.273 e. The highest BCUT2D eigenvalue weighted by Gasteiger charge is 2.38. The van der Waals surface area contributed by atoms with Crippen molar-refractivity contribution in [3.63, 3.8) is 0 Å². The lowest BCUT2D eigenvalue weighted by atomic mass is 9.83. The van der Waals surface area contributed by atoms with E-state index in [-0.39, 0.29) is 17.8 Å². The number of piperidine rings is 2. The van der Waals surface area contributed by atoms with Crippen molar-refractivity contribution in [3.05, 3.63) is 28.3 Å². The summed E-state index contributed by atoms with van der Waals surface area (Å²) in [4.78, 5) is 24.5. The van der Waals surface area contributed by atoms with Crippen LogP contribution in [0.1, 0.15) is 32.1 Å². The Morgan fingerprint density at radius 2 is 1.95 bits per heavy atom. The number of hydrogen-bond donors (Lipinski definition) is 0. The minimum atomic E-state index is -0.424. The average molecular weight is 290 g/mol. The van der Waals surface area contributed by atoms with E-state index < -0.39 is 4.92 Å². The molecule has 0 aliphatic carbocycles. The number of hydrogen-bond acceptors (Lipinski definition) is 5. The Labute approximate surface area is 122 Å². The van der Waals surface area contributed by atoms with E-state index in [4.69, 9.17) is 4.74 Å². The minimum Gasteiger partial charge on any atom is -0.494 e. The predicted octanol–water partition coefficient (Wildman–Crippen LogP) is 2.69. The third-order valence-corrected chi connectivity index (χ3v) is 4.44. The van der Waals surface area contributed by atoms with Crippen LogP contribution >= 0.6 is 0 Å². The molecule has 2 atom stereocenters. The lowest BCUT2D eigenvalue weighted by Crippen LogP contribution is -2.52. The van der Waals surface area contributed by atoms with Crippen LogP contribution in [-0.4, -0.2) is 29.9 Å². The van der Waals surface area contributed by atoms with Crippen LogP contribution in [-0.2, 0) is 4.79 Å². The number of ketones is 1. The maximum atomic E-state index is 11.8. The second-order valence-corrected chi connectivity index (χ2v) is 5.71. The fraction of sp³-hybridized carbons (Fsp3) is 0.533. The van der Waals surface area contributed by atoms with Gasteiger partial charge in [0.15, 0.2) is 0 Å². The van der Waals surface area contributed by atoms with Gasteiger partial charge in [0.25, 0.3) is 5.69 Å². The molecule has 0 N–H and O–H groups in total. The summed E-state index contributed by atoms with van der Waals surface area (Å²) in [7, 11) is 1.52. The van der Waals surface area contributed by atoms with Crippen LogP contribution in [0.4, 0.5) is 11.4 Å². The normalized spacial score (nSPS) is 24.8. The molecular formula is C15H18N2O4. The maximum absolute atomic E-state index is 11.8. The Hall–Kier alpha value is -2.11. The fourth-order valence-electron chi connectivity index (χ4n) is 3.56. The molecule has 1 aromatic carbocycles. The van der Waals surface area contributed by atoms with E-state index in [0.29, 0.717) is 24.4 Å². The molecule has 0 spiro atoms. The molecule has 2 aliphatic rings. The molecule has 6 heteroatoms. The summed E-state index contributed by atoms with van der Waals surface area (Å²) in [5.74, 6) is 0.831. The predicted molar refractivity (Wildman–Crippen MR) is 77.8 cm³/mol. The van der Waals surface area contributed by atoms with Crippen molar-refractivity contribution in [2.75, 3.05) is 12.0 Å². The molecule has 0 aromatic heterocycles. The first-order valence-corrected chi connectivity index (χ1v) is 7.22. The first kappa shape index (κ1) is 13.9. The van der Waals surface area contributed by atoms with E-state index in [1.807, 2.05) is 0 Å². The second-order valence-electron chi connectivity index (χ2n) is 5.71. The zero-order chi connectivity index (χ0) is 15.0. The van der Waals surface area contributed by atoms with Crippen LogP contribution in [0.15, 0.2) is 18.2 Å². The van der Waals surface area contributed by atoms with Crippen LogP contribution < -0.4 is 9.64 Å². The quantitative estimate of drug-likeness (QED) is 0.632. The molecule has 2 fully saturated rings. The van der Waals surface area contributed by atoms with Gasteiger partial charge in [0.05, 0.1) is 23.8 Å². The molecule has 0 amide bonds. The molecule has 3 rings (SSSR count). The number of methoxy groups -OCH3 is 1. The Morgan fingerprint density at radius 3 is 2.52 bits per heavy atom. The van der Waals surface area contributed by atoms with Gasteiger partial charge in [-0.15, -0.1) is 0 Å². The smallest absolute Gasteiger partial charge is 0.273 e. The number of nitro benzene ring substituents is 1. The number of carbonyl (C=O) groups excluding carboxylic acids is 1. The van der Waals surface area contributed by atoms with Crippen molar-refractivity contribution < 1.29 is 14.5 Å². The number of carbonyl (C=O) groups is 1. The highest BCUT2D eigenvalue weighted by molar-refractivity contribution is 5.83. The van der Waals surface area contributed by atoms with Gasteiger partial charge >= 0.3 is 0 Å². The van der Waals surface area contributed by atoms with Gasteiger partial charge in [-0.2, -0.15) is 0 Å². The summed E-state index contributed by atoms with van der Waals surface area (Å²) < 4.78 is 5.35. The van der Waals surface area contributed by atoms with E-state index in [9.17, 15) is 14.9 Å². The molecule has 0 saturated carbocycles. The van der Waals surface area contributed by atoms with Crippen LogP contribution in [0, 0.1) is 10.1 Å². The standard InChI is InChI=1S/C15H18N2O4/c1-21-15-9-12(17(19)20)5-6-14(15)16-10-3-2-4-11(16)8-13(18)7-10/h5-6,9-11H,2-4,7-8H2,1H3. The number of non-ortho nitro benzene ring substituents is 1. The summed E-state index contributed by atoms with van der Waals surface area (Å²) in [6.45, 7) is 0. The van der Waals surface area contributed by atoms with Gasteiger partial charge in [-0.1, -0.05) is 0 Å². The lowest BCUT2D eigenvalue weighted by molar-refractivity contribution is -0.384. The fourth-order valence-corrected chi connectivity index (χ4v) is 3.56. The van der Waals surface area contributed by atoms with Crippen molar-refractivity contribution in [1.82, 2.24) is 0 Å². The van der Waals surface area contributed by atoms with Crippen LogP contribution in [0.25, 0.3) is 0 Å². The largest absolute Gasteiger partial charge is 0.494 e. The summed E-state index contributed by atoms with van der Waals surface area (Å²) in [5, 5.41) is 10.9. The Morgan fingerprint density at radius 1 is 1.29 bits per heavy atom. The molecule has 2 bridgehead atoms. The molecule has 2 saturated heterocycles. The van der Waals surface area contributed by atoms with Gasteiger partial charge < -0.3 is 9.64 Å². The van der Waals surface area contributed by atoms with Crippen molar-refractivity contribution in [2.24, 2.45) is 0 Å². The number of nitro groups is 1. The number of benzene rings is 1. The van der Waals surface area contributed by atoms with Crippen molar-refractivity contribution in [2.45, 2.75) is 44.2 Å². The molecule has 21 heavy (non-hydrogen) atoms. The van der Waals surface area contributed by atoms with Crippen LogP contribution in [0.2, 0.25) is 0 Å². The van der Waals surface area contributed by atoms with E-state index >= 15 is 0 Å². The molecule has 2 heterocycles. The number of ether oxygens (including phenoxy) is 1. The van der Waals surface area contributed by atoms with Gasteiger partial charge in [-0.25, -0.2) is 0 Å². The van der Waals surface area contributed by atoms with Gasteiger partial charge in [-0.3, -0.25) is 14.9 Å². The van der Waals surface area contributed by atoms with E-state index in [1.54, 1.807) is 6.07 Å². The number of nitrogens with zero attached hydrogens (tertiary/aromatic N) is 2. The van der Waals surface area contributed by atoms with Gasteiger partial charge in [0.1, 0.15) is 11.5 Å². The Balaban J connectivity index is 1.99. The van der Waals surface area contributed by atoms with E-state index in [2.05, 4.69) is 4.90 Å². The number of rotatable bonds is 3.